The summed E-state index contributed by atoms with van der Waals surface area (Å²) in [6, 6.07) is 0. The minimum atomic E-state index is -0.725. The van der Waals surface area contributed by atoms with Crippen molar-refractivity contribution in [3.8, 4) is 0 Å². The molecule has 0 saturated carbocycles. The molecule has 17 heavy (non-hydrogen) atoms. The first-order valence-corrected chi connectivity index (χ1v) is 6.43. The zero-order valence-electron chi connectivity index (χ0n) is 9.43. The number of rotatable bonds is 2. The first kappa shape index (κ1) is 10.7. The predicted octanol–water partition coefficient (Wildman–Crippen LogP) is 2.50. The second-order valence-corrected chi connectivity index (χ2v) is 5.50. The Hall–Kier alpha value is -1.49. The number of aliphatic carboxylic acids is 1. The van der Waals surface area contributed by atoms with E-state index in [2.05, 4.69) is 9.97 Å². The molecule has 1 aliphatic rings. The number of carboxylic acid groups (broad SMARTS) is 1. The molecule has 0 aliphatic heterocycles. The van der Waals surface area contributed by atoms with Crippen LogP contribution >= 0.6 is 11.3 Å². The molecule has 5 heteroatoms. The number of hydrogen-bond donors (Lipinski definition) is 1. The Bertz CT molecular complexity index is 606. The van der Waals surface area contributed by atoms with Crippen LogP contribution in [0.1, 0.15) is 34.9 Å². The van der Waals surface area contributed by atoms with E-state index in [1.165, 1.54) is 10.4 Å². The van der Waals surface area contributed by atoms with Crippen molar-refractivity contribution in [1.29, 1.82) is 0 Å². The number of aryl methyl sites for hydroxylation is 2. The van der Waals surface area contributed by atoms with E-state index in [-0.39, 0.29) is 12.3 Å². The van der Waals surface area contributed by atoms with Crippen molar-refractivity contribution in [2.45, 2.75) is 32.1 Å². The number of carbonyl (C=O) groups is 1. The number of carboxylic acids is 1. The largest absolute Gasteiger partial charge is 0.481 e. The molecule has 2 aromatic rings. The summed E-state index contributed by atoms with van der Waals surface area (Å²) in [7, 11) is 0. The highest BCUT2D eigenvalue weighted by Gasteiger charge is 2.30. The Kier molecular flexibility index (Phi) is 2.36. The smallest absolute Gasteiger partial charge is 0.303 e. The molecule has 88 valence electrons. The summed E-state index contributed by atoms with van der Waals surface area (Å²) in [5, 5.41) is 10.0. The summed E-state index contributed by atoms with van der Waals surface area (Å²) in [5.74, 6) is -0.586. The van der Waals surface area contributed by atoms with Gasteiger partial charge in [0.15, 0.2) is 0 Å². The number of fused-ring (bicyclic) bond motifs is 3. The molecule has 1 unspecified atom stereocenters. The van der Waals surface area contributed by atoms with Crippen molar-refractivity contribution >= 4 is 27.5 Å². The van der Waals surface area contributed by atoms with Crippen molar-refractivity contribution in [3.63, 3.8) is 0 Å². The highest BCUT2D eigenvalue weighted by Crippen LogP contribution is 2.45. The van der Waals surface area contributed by atoms with Crippen molar-refractivity contribution in [3.05, 3.63) is 22.5 Å². The number of aromatic nitrogens is 2. The van der Waals surface area contributed by atoms with Gasteiger partial charge in [0.05, 0.1) is 6.42 Å². The third-order valence-electron chi connectivity index (χ3n) is 3.34. The molecule has 2 heterocycles. The normalized spacial score (nSPS) is 18.5. The molecular formula is C12H12N2O2S. The highest BCUT2D eigenvalue weighted by atomic mass is 32.1. The highest BCUT2D eigenvalue weighted by molar-refractivity contribution is 7.18. The number of hydrogen-bond acceptors (Lipinski definition) is 4. The van der Waals surface area contributed by atoms with E-state index >= 15 is 0 Å². The second-order valence-electron chi connectivity index (χ2n) is 4.41. The van der Waals surface area contributed by atoms with Gasteiger partial charge in [-0.15, -0.1) is 11.3 Å². The lowest BCUT2D eigenvalue weighted by atomic mass is 9.97. The Balaban J connectivity index is 2.18. The van der Waals surface area contributed by atoms with Gasteiger partial charge in [-0.25, -0.2) is 9.97 Å². The molecule has 0 bridgehead atoms. The van der Waals surface area contributed by atoms with Gasteiger partial charge in [-0.2, -0.15) is 0 Å². The summed E-state index contributed by atoms with van der Waals surface area (Å²) in [4.78, 5) is 21.7. The van der Waals surface area contributed by atoms with Gasteiger partial charge in [0.1, 0.15) is 11.2 Å². The molecule has 1 N–H and O–H groups in total. The Morgan fingerprint density at radius 3 is 3.18 bits per heavy atom. The van der Waals surface area contributed by atoms with Gasteiger partial charge in [-0.3, -0.25) is 4.79 Å². The lowest BCUT2D eigenvalue weighted by molar-refractivity contribution is -0.137. The van der Waals surface area contributed by atoms with Crippen LogP contribution in [-0.2, 0) is 11.2 Å². The molecule has 1 aliphatic carbocycles. The summed E-state index contributed by atoms with van der Waals surface area (Å²) in [5.41, 5.74) is 2.16. The van der Waals surface area contributed by atoms with Crippen LogP contribution in [-0.4, -0.2) is 21.0 Å². The van der Waals surface area contributed by atoms with Crippen LogP contribution in [0.4, 0.5) is 0 Å². The summed E-state index contributed by atoms with van der Waals surface area (Å²) in [6.45, 7) is 1.97. The zero-order valence-corrected chi connectivity index (χ0v) is 10.3. The van der Waals surface area contributed by atoms with Crippen LogP contribution in [0.3, 0.4) is 0 Å². The van der Waals surface area contributed by atoms with Crippen LogP contribution in [0, 0.1) is 6.92 Å². The second kappa shape index (κ2) is 3.77. The van der Waals surface area contributed by atoms with Crippen molar-refractivity contribution in [1.82, 2.24) is 9.97 Å². The minimum Gasteiger partial charge on any atom is -0.481 e. The van der Waals surface area contributed by atoms with Crippen LogP contribution in [0.2, 0.25) is 0 Å². The predicted molar refractivity (Wildman–Crippen MR) is 65.5 cm³/mol. The SMILES string of the molecule is Cc1ncnc2sc3c(c12)C(CC(=O)O)CC3. The van der Waals surface area contributed by atoms with Crippen LogP contribution in [0.15, 0.2) is 6.33 Å². The van der Waals surface area contributed by atoms with E-state index in [1.807, 2.05) is 6.92 Å². The van der Waals surface area contributed by atoms with Crippen molar-refractivity contribution < 1.29 is 9.90 Å². The maximum Gasteiger partial charge on any atom is 0.303 e. The zero-order chi connectivity index (χ0) is 12.0. The van der Waals surface area contributed by atoms with E-state index in [0.717, 1.165) is 28.8 Å². The maximum atomic E-state index is 10.9. The standard InChI is InChI=1S/C12H12N2O2S/c1-6-10-11-7(4-9(15)16)2-3-8(11)17-12(10)14-5-13-6/h5,7H,2-4H2,1H3,(H,15,16). The third-order valence-corrected chi connectivity index (χ3v) is 4.51. The lowest BCUT2D eigenvalue weighted by Gasteiger charge is -2.08. The van der Waals surface area contributed by atoms with Crippen molar-refractivity contribution in [2.75, 3.05) is 0 Å². The Morgan fingerprint density at radius 2 is 2.41 bits per heavy atom. The molecule has 3 rings (SSSR count). The van der Waals surface area contributed by atoms with Crippen LogP contribution in [0.5, 0.6) is 0 Å². The molecule has 4 nitrogen and oxygen atoms in total. The fraction of sp³-hybridized carbons (Fsp3) is 0.417. The van der Waals surface area contributed by atoms with E-state index in [4.69, 9.17) is 5.11 Å². The fourth-order valence-electron chi connectivity index (χ4n) is 2.63. The average molecular weight is 248 g/mol. The fourth-order valence-corrected chi connectivity index (χ4v) is 3.92. The van der Waals surface area contributed by atoms with E-state index in [1.54, 1.807) is 17.7 Å². The van der Waals surface area contributed by atoms with E-state index < -0.39 is 5.97 Å². The molecular weight excluding hydrogens is 236 g/mol. The molecule has 0 amide bonds. The van der Waals surface area contributed by atoms with Gasteiger partial charge in [-0.05, 0) is 31.2 Å². The lowest BCUT2D eigenvalue weighted by Crippen LogP contribution is -2.03. The van der Waals surface area contributed by atoms with Gasteiger partial charge in [-0.1, -0.05) is 0 Å². The molecule has 0 aromatic carbocycles. The Labute approximate surface area is 102 Å². The number of nitrogens with zero attached hydrogens (tertiary/aromatic N) is 2. The molecule has 0 spiro atoms. The van der Waals surface area contributed by atoms with Crippen molar-refractivity contribution in [2.24, 2.45) is 0 Å². The summed E-state index contributed by atoms with van der Waals surface area (Å²) < 4.78 is 0. The van der Waals surface area contributed by atoms with Gasteiger partial charge in [0.2, 0.25) is 0 Å². The van der Waals surface area contributed by atoms with Gasteiger partial charge in [0.25, 0.3) is 0 Å². The molecule has 0 radical (unpaired) electrons. The van der Waals surface area contributed by atoms with Gasteiger partial charge < -0.3 is 5.11 Å². The first-order valence-electron chi connectivity index (χ1n) is 5.61. The monoisotopic (exact) mass is 248 g/mol. The summed E-state index contributed by atoms with van der Waals surface area (Å²) >= 11 is 1.69. The van der Waals surface area contributed by atoms with Crippen LogP contribution in [0.25, 0.3) is 10.2 Å². The molecule has 0 saturated heterocycles. The summed E-state index contributed by atoms with van der Waals surface area (Å²) in [6.07, 6.45) is 3.72. The topological polar surface area (TPSA) is 63.1 Å². The quantitative estimate of drug-likeness (QED) is 0.887. The first-order chi connectivity index (χ1) is 8.16. The average Bonchev–Trinajstić information content (AvgIpc) is 2.78. The molecule has 2 aromatic heterocycles. The molecule has 0 fully saturated rings. The van der Waals surface area contributed by atoms with E-state index in [9.17, 15) is 4.79 Å². The van der Waals surface area contributed by atoms with Gasteiger partial charge in [0, 0.05) is 16.0 Å². The van der Waals surface area contributed by atoms with Gasteiger partial charge >= 0.3 is 5.97 Å². The Morgan fingerprint density at radius 1 is 1.59 bits per heavy atom. The third kappa shape index (κ3) is 1.61. The molecule has 1 atom stereocenters. The van der Waals surface area contributed by atoms with Crippen LogP contribution < -0.4 is 0 Å². The number of thiophene rings is 1. The maximum absolute atomic E-state index is 10.9. The van der Waals surface area contributed by atoms with E-state index in [0.29, 0.717) is 0 Å². The minimum absolute atomic E-state index is 0.140.